The number of carbonyl (C=O) groups excluding carboxylic acids is 1. The summed E-state index contributed by atoms with van der Waals surface area (Å²) in [5, 5.41) is 9.50. The van der Waals surface area contributed by atoms with Crippen molar-refractivity contribution in [3.8, 4) is 0 Å². The second-order valence-corrected chi connectivity index (χ2v) is 5.28. The molecule has 6 nitrogen and oxygen atoms in total. The second kappa shape index (κ2) is 7.13. The average Bonchev–Trinajstić information content (AvgIpc) is 2.70. The Bertz CT molecular complexity index is 413. The highest BCUT2D eigenvalue weighted by Crippen LogP contribution is 2.21. The maximum absolute atomic E-state index is 11.9. The van der Waals surface area contributed by atoms with Crippen LogP contribution in [0, 0.1) is 5.92 Å². The van der Waals surface area contributed by atoms with Gasteiger partial charge < -0.3 is 15.8 Å². The molecular formula is C13H24N4O2. The molecule has 19 heavy (non-hydrogen) atoms. The van der Waals surface area contributed by atoms with E-state index in [1.807, 2.05) is 13.8 Å². The minimum absolute atomic E-state index is 0.212. The Morgan fingerprint density at radius 3 is 2.63 bits per heavy atom. The molecule has 108 valence electrons. The van der Waals surface area contributed by atoms with Gasteiger partial charge in [-0.05, 0) is 11.8 Å². The maximum atomic E-state index is 11.9. The largest absolute Gasteiger partial charge is 0.395 e. The van der Waals surface area contributed by atoms with Crippen molar-refractivity contribution in [3.63, 3.8) is 0 Å². The van der Waals surface area contributed by atoms with Gasteiger partial charge in [0.25, 0.3) is 5.91 Å². The molecule has 1 aromatic rings. The first-order valence-corrected chi connectivity index (χ1v) is 6.63. The summed E-state index contributed by atoms with van der Waals surface area (Å²) >= 11 is 0. The smallest absolute Gasteiger partial charge is 0.274 e. The zero-order valence-corrected chi connectivity index (χ0v) is 12.1. The van der Waals surface area contributed by atoms with Gasteiger partial charge in [0.1, 0.15) is 0 Å². The van der Waals surface area contributed by atoms with Crippen molar-refractivity contribution in [2.75, 3.05) is 25.5 Å². The van der Waals surface area contributed by atoms with Crippen molar-refractivity contribution in [1.29, 1.82) is 0 Å². The Morgan fingerprint density at radius 2 is 2.11 bits per heavy atom. The van der Waals surface area contributed by atoms with E-state index in [2.05, 4.69) is 29.4 Å². The van der Waals surface area contributed by atoms with Crippen LogP contribution in [0.2, 0.25) is 0 Å². The first-order valence-electron chi connectivity index (χ1n) is 6.63. The van der Waals surface area contributed by atoms with Crippen LogP contribution >= 0.6 is 0 Å². The predicted molar refractivity (Wildman–Crippen MR) is 75.1 cm³/mol. The van der Waals surface area contributed by atoms with Crippen LogP contribution in [0.25, 0.3) is 0 Å². The number of rotatable bonds is 7. The molecule has 1 aromatic heterocycles. The number of H-pyrrole nitrogens is 1. The summed E-state index contributed by atoms with van der Waals surface area (Å²) in [6, 6.07) is 0. The minimum atomic E-state index is -0.270. The van der Waals surface area contributed by atoms with Gasteiger partial charge in [0.15, 0.2) is 5.69 Å². The molecule has 0 unspecified atom stereocenters. The first kappa shape index (κ1) is 15.5. The molecule has 4 N–H and O–H groups in total. The Morgan fingerprint density at radius 1 is 1.42 bits per heavy atom. The third-order valence-corrected chi connectivity index (χ3v) is 2.61. The van der Waals surface area contributed by atoms with Crippen LogP contribution in [0.5, 0.6) is 0 Å². The molecule has 1 rings (SSSR count). The van der Waals surface area contributed by atoms with E-state index in [9.17, 15) is 4.79 Å². The van der Waals surface area contributed by atoms with Gasteiger partial charge >= 0.3 is 0 Å². The Labute approximate surface area is 114 Å². The van der Waals surface area contributed by atoms with Crippen molar-refractivity contribution in [2.24, 2.45) is 5.92 Å². The first-order chi connectivity index (χ1) is 8.93. The average molecular weight is 268 g/mol. The predicted octanol–water partition coefficient (Wildman–Crippen LogP) is 1.52. The molecule has 0 radical (unpaired) electrons. The van der Waals surface area contributed by atoms with Gasteiger partial charge in [-0.3, -0.25) is 9.89 Å². The fourth-order valence-electron chi connectivity index (χ4n) is 1.62. The van der Waals surface area contributed by atoms with Crippen molar-refractivity contribution in [1.82, 2.24) is 15.5 Å². The number of anilines is 1. The van der Waals surface area contributed by atoms with Gasteiger partial charge in [-0.2, -0.15) is 5.10 Å². The Kier molecular flexibility index (Phi) is 5.82. The van der Waals surface area contributed by atoms with E-state index in [4.69, 9.17) is 10.5 Å². The quantitative estimate of drug-likeness (QED) is 0.654. The van der Waals surface area contributed by atoms with Gasteiger partial charge in [-0.1, -0.05) is 27.7 Å². The lowest BCUT2D eigenvalue weighted by Crippen LogP contribution is -2.28. The highest BCUT2D eigenvalue weighted by Gasteiger charge is 2.18. The molecule has 0 aromatic carbocycles. The number of aromatic amines is 1. The molecule has 0 saturated heterocycles. The number of nitrogens with zero attached hydrogens (tertiary/aromatic N) is 1. The summed E-state index contributed by atoms with van der Waals surface area (Å²) in [6.07, 6.45) is 0. The Balaban J connectivity index is 2.42. The van der Waals surface area contributed by atoms with Crippen LogP contribution in [-0.2, 0) is 4.74 Å². The van der Waals surface area contributed by atoms with E-state index in [1.165, 1.54) is 0 Å². The molecule has 0 aliphatic rings. The number of nitrogens with one attached hydrogen (secondary N) is 2. The summed E-state index contributed by atoms with van der Waals surface area (Å²) in [4.78, 5) is 11.9. The molecule has 1 amide bonds. The molecular weight excluding hydrogens is 244 g/mol. The van der Waals surface area contributed by atoms with E-state index in [1.54, 1.807) is 0 Å². The van der Waals surface area contributed by atoms with Gasteiger partial charge in [-0.25, -0.2) is 0 Å². The number of ether oxygens (including phenoxy) is 1. The minimum Gasteiger partial charge on any atom is -0.395 e. The van der Waals surface area contributed by atoms with Crippen LogP contribution in [-0.4, -0.2) is 35.9 Å². The van der Waals surface area contributed by atoms with Crippen molar-refractivity contribution in [3.05, 3.63) is 11.4 Å². The van der Waals surface area contributed by atoms with Crippen LogP contribution < -0.4 is 11.1 Å². The lowest BCUT2D eigenvalue weighted by Gasteiger charge is -2.07. The normalized spacial score (nSPS) is 11.3. The van der Waals surface area contributed by atoms with Crippen molar-refractivity contribution in [2.45, 2.75) is 33.6 Å². The molecule has 0 bridgehead atoms. The lowest BCUT2D eigenvalue weighted by molar-refractivity contribution is 0.0883. The second-order valence-electron chi connectivity index (χ2n) is 5.28. The monoisotopic (exact) mass is 268 g/mol. The summed E-state index contributed by atoms with van der Waals surface area (Å²) in [6.45, 7) is 9.78. The fraction of sp³-hybridized carbons (Fsp3) is 0.692. The van der Waals surface area contributed by atoms with Crippen LogP contribution in [0.4, 0.5) is 5.69 Å². The van der Waals surface area contributed by atoms with E-state index in [0.717, 1.165) is 5.69 Å². The zero-order valence-electron chi connectivity index (χ0n) is 12.1. The van der Waals surface area contributed by atoms with Crippen molar-refractivity contribution >= 4 is 11.6 Å². The molecule has 1 heterocycles. The third-order valence-electron chi connectivity index (χ3n) is 2.61. The highest BCUT2D eigenvalue weighted by atomic mass is 16.5. The fourth-order valence-corrected chi connectivity index (χ4v) is 1.62. The molecule has 6 heteroatoms. The van der Waals surface area contributed by atoms with E-state index < -0.39 is 0 Å². The number of amides is 1. The number of hydrogen-bond donors (Lipinski definition) is 3. The lowest BCUT2D eigenvalue weighted by atomic mass is 10.1. The van der Waals surface area contributed by atoms with Crippen LogP contribution in [0.1, 0.15) is 49.8 Å². The van der Waals surface area contributed by atoms with Crippen LogP contribution in [0.15, 0.2) is 0 Å². The molecule has 0 fully saturated rings. The SMILES string of the molecule is CC(C)COCCNC(=O)c1n[nH]c(C(C)C)c1N. The van der Waals surface area contributed by atoms with E-state index in [0.29, 0.717) is 31.4 Å². The number of aromatic nitrogens is 2. The van der Waals surface area contributed by atoms with E-state index in [-0.39, 0.29) is 17.5 Å². The van der Waals surface area contributed by atoms with E-state index >= 15 is 0 Å². The summed E-state index contributed by atoms with van der Waals surface area (Å²) in [5.41, 5.74) is 7.37. The summed E-state index contributed by atoms with van der Waals surface area (Å²) in [7, 11) is 0. The highest BCUT2D eigenvalue weighted by molar-refractivity contribution is 5.97. The topological polar surface area (TPSA) is 93.0 Å². The molecule has 0 atom stereocenters. The van der Waals surface area contributed by atoms with Crippen LogP contribution in [0.3, 0.4) is 0 Å². The number of carbonyl (C=O) groups is 1. The van der Waals surface area contributed by atoms with Gasteiger partial charge in [0, 0.05) is 13.2 Å². The zero-order chi connectivity index (χ0) is 14.4. The maximum Gasteiger partial charge on any atom is 0.274 e. The van der Waals surface area contributed by atoms with Gasteiger partial charge in [0.05, 0.1) is 18.0 Å². The Hall–Kier alpha value is -1.56. The number of nitrogens with two attached hydrogens (primary N) is 1. The number of nitrogen functional groups attached to an aromatic ring is 1. The molecule has 0 aliphatic heterocycles. The van der Waals surface area contributed by atoms with Crippen molar-refractivity contribution < 1.29 is 9.53 Å². The summed E-state index contributed by atoms with van der Waals surface area (Å²) in [5.74, 6) is 0.434. The van der Waals surface area contributed by atoms with Gasteiger partial charge in [-0.15, -0.1) is 0 Å². The summed E-state index contributed by atoms with van der Waals surface area (Å²) < 4.78 is 5.38. The third kappa shape index (κ3) is 4.55. The standard InChI is InChI=1S/C13H24N4O2/c1-8(2)7-19-6-5-15-13(18)12-10(14)11(9(3)4)16-17-12/h8-9H,5-7,14H2,1-4H3,(H,15,18)(H,16,17). The van der Waals surface area contributed by atoms with Gasteiger partial charge in [0.2, 0.25) is 0 Å². The molecule has 0 saturated carbocycles. The molecule has 0 aliphatic carbocycles. The number of hydrogen-bond acceptors (Lipinski definition) is 4. The molecule has 0 spiro atoms.